The first-order valence-electron chi connectivity index (χ1n) is 8.75. The van der Waals surface area contributed by atoms with E-state index >= 15 is 0 Å². The topological polar surface area (TPSA) is 68.0 Å². The molecule has 6 heteroatoms. The van der Waals surface area contributed by atoms with Crippen LogP contribution in [0.2, 0.25) is 0 Å². The molecule has 0 amide bonds. The standard InChI is InChI=1S/C20H24N6/c1-6-17-7-9-18(10-8-17)15(4)23-24-19-12-20(22-16(5)21-19)26-14(3)11-13(2)25-26/h7-12H,6H2,1-5H3,(H,21,22,24)/b23-15-. The van der Waals surface area contributed by atoms with Crippen molar-refractivity contribution in [2.75, 3.05) is 5.43 Å². The van der Waals surface area contributed by atoms with E-state index in [1.54, 1.807) is 0 Å². The number of nitrogens with one attached hydrogen (secondary N) is 1. The van der Waals surface area contributed by atoms with Crippen molar-refractivity contribution >= 4 is 11.5 Å². The molecule has 3 aromatic rings. The third-order valence-electron chi connectivity index (χ3n) is 4.17. The van der Waals surface area contributed by atoms with Crippen LogP contribution >= 0.6 is 0 Å². The minimum absolute atomic E-state index is 0.643. The summed E-state index contributed by atoms with van der Waals surface area (Å²) in [6.07, 6.45) is 1.03. The van der Waals surface area contributed by atoms with Crippen LogP contribution in [0.4, 0.5) is 5.82 Å². The number of hydrogen-bond donors (Lipinski definition) is 1. The number of hydrogen-bond acceptors (Lipinski definition) is 5. The quantitative estimate of drug-likeness (QED) is 0.559. The minimum Gasteiger partial charge on any atom is -0.261 e. The second-order valence-corrected chi connectivity index (χ2v) is 6.36. The Hall–Kier alpha value is -3.02. The minimum atomic E-state index is 0.643. The Balaban J connectivity index is 1.84. The lowest BCUT2D eigenvalue weighted by atomic mass is 10.1. The molecule has 26 heavy (non-hydrogen) atoms. The van der Waals surface area contributed by atoms with Gasteiger partial charge in [0.2, 0.25) is 0 Å². The van der Waals surface area contributed by atoms with Crippen LogP contribution in [-0.2, 0) is 6.42 Å². The predicted molar refractivity (Wildman–Crippen MR) is 105 cm³/mol. The van der Waals surface area contributed by atoms with E-state index in [4.69, 9.17) is 0 Å². The smallest absolute Gasteiger partial charge is 0.159 e. The zero-order chi connectivity index (χ0) is 18.7. The van der Waals surface area contributed by atoms with Gasteiger partial charge in [-0.25, -0.2) is 14.6 Å². The van der Waals surface area contributed by atoms with Crippen LogP contribution in [0.1, 0.15) is 42.2 Å². The largest absolute Gasteiger partial charge is 0.261 e. The van der Waals surface area contributed by atoms with E-state index in [9.17, 15) is 0 Å². The summed E-state index contributed by atoms with van der Waals surface area (Å²) in [5.41, 5.74) is 8.33. The molecule has 0 aliphatic rings. The molecule has 6 nitrogen and oxygen atoms in total. The number of aryl methyl sites for hydroxylation is 4. The Morgan fingerprint density at radius 2 is 1.81 bits per heavy atom. The van der Waals surface area contributed by atoms with Gasteiger partial charge in [-0.1, -0.05) is 31.2 Å². The number of benzene rings is 1. The maximum atomic E-state index is 4.48. The SMILES string of the molecule is CCc1ccc(/C(C)=N\Nc2cc(-n3nc(C)cc3C)nc(C)n2)cc1. The summed E-state index contributed by atoms with van der Waals surface area (Å²) in [6.45, 7) is 9.96. The summed E-state index contributed by atoms with van der Waals surface area (Å²) in [5, 5.41) is 8.95. The highest BCUT2D eigenvalue weighted by Crippen LogP contribution is 2.14. The first-order valence-corrected chi connectivity index (χ1v) is 8.75. The van der Waals surface area contributed by atoms with Crippen LogP contribution in [0.3, 0.4) is 0 Å². The molecular formula is C20H24N6. The summed E-state index contributed by atoms with van der Waals surface area (Å²) in [7, 11) is 0. The van der Waals surface area contributed by atoms with Crippen LogP contribution in [0.15, 0.2) is 41.5 Å². The average Bonchev–Trinajstić information content (AvgIpc) is 2.97. The van der Waals surface area contributed by atoms with E-state index in [0.717, 1.165) is 34.9 Å². The zero-order valence-corrected chi connectivity index (χ0v) is 15.9. The van der Waals surface area contributed by atoms with Crippen molar-refractivity contribution in [3.8, 4) is 5.82 Å². The Morgan fingerprint density at radius 3 is 2.42 bits per heavy atom. The van der Waals surface area contributed by atoms with Crippen LogP contribution in [0.25, 0.3) is 5.82 Å². The Morgan fingerprint density at radius 1 is 1.08 bits per heavy atom. The maximum Gasteiger partial charge on any atom is 0.159 e. The molecule has 0 unspecified atom stereocenters. The summed E-state index contributed by atoms with van der Waals surface area (Å²) in [6, 6.07) is 12.3. The third kappa shape index (κ3) is 3.96. The van der Waals surface area contributed by atoms with Crippen molar-refractivity contribution in [2.45, 2.75) is 41.0 Å². The average molecular weight is 348 g/mol. The van der Waals surface area contributed by atoms with Gasteiger partial charge >= 0.3 is 0 Å². The molecule has 0 aliphatic heterocycles. The molecule has 0 bridgehead atoms. The van der Waals surface area contributed by atoms with Gasteiger partial charge in [0.1, 0.15) is 5.82 Å². The molecular weight excluding hydrogens is 324 g/mol. The number of rotatable bonds is 5. The van der Waals surface area contributed by atoms with Crippen molar-refractivity contribution in [2.24, 2.45) is 5.10 Å². The molecule has 2 heterocycles. The Kier molecular flexibility index (Phi) is 5.11. The van der Waals surface area contributed by atoms with Gasteiger partial charge < -0.3 is 0 Å². The summed E-state index contributed by atoms with van der Waals surface area (Å²) in [4.78, 5) is 8.90. The van der Waals surface area contributed by atoms with Gasteiger partial charge in [0.05, 0.1) is 11.4 Å². The maximum absolute atomic E-state index is 4.48. The highest BCUT2D eigenvalue weighted by molar-refractivity contribution is 5.99. The van der Waals surface area contributed by atoms with Gasteiger partial charge in [-0.15, -0.1) is 0 Å². The number of aromatic nitrogens is 4. The van der Waals surface area contributed by atoms with Gasteiger partial charge in [0, 0.05) is 11.8 Å². The Bertz CT molecular complexity index is 937. The van der Waals surface area contributed by atoms with Crippen LogP contribution < -0.4 is 5.43 Å². The van der Waals surface area contributed by atoms with Crippen molar-refractivity contribution in [1.82, 2.24) is 19.7 Å². The Labute approximate surface area is 154 Å². The highest BCUT2D eigenvalue weighted by atomic mass is 15.3. The van der Waals surface area contributed by atoms with Crippen molar-refractivity contribution < 1.29 is 0 Å². The van der Waals surface area contributed by atoms with Gasteiger partial charge in [0.15, 0.2) is 11.6 Å². The van der Waals surface area contributed by atoms with Gasteiger partial charge in [-0.05, 0) is 51.3 Å². The van der Waals surface area contributed by atoms with E-state index in [2.05, 4.69) is 56.8 Å². The highest BCUT2D eigenvalue weighted by Gasteiger charge is 2.08. The molecule has 1 N–H and O–H groups in total. The third-order valence-corrected chi connectivity index (χ3v) is 4.17. The molecule has 134 valence electrons. The van der Waals surface area contributed by atoms with E-state index in [1.807, 2.05) is 44.5 Å². The molecule has 0 saturated heterocycles. The zero-order valence-electron chi connectivity index (χ0n) is 15.9. The number of anilines is 1. The molecule has 0 atom stereocenters. The number of nitrogens with zero attached hydrogens (tertiary/aromatic N) is 5. The fraction of sp³-hybridized carbons (Fsp3) is 0.300. The fourth-order valence-corrected chi connectivity index (χ4v) is 2.77. The van der Waals surface area contributed by atoms with Crippen LogP contribution in [0, 0.1) is 20.8 Å². The monoisotopic (exact) mass is 348 g/mol. The van der Waals surface area contributed by atoms with Gasteiger partial charge in [-0.2, -0.15) is 10.2 Å². The lowest BCUT2D eigenvalue weighted by Crippen LogP contribution is -2.07. The molecule has 0 saturated carbocycles. The summed E-state index contributed by atoms with van der Waals surface area (Å²) >= 11 is 0. The van der Waals surface area contributed by atoms with E-state index in [1.165, 1.54) is 5.56 Å². The van der Waals surface area contributed by atoms with E-state index < -0.39 is 0 Å². The van der Waals surface area contributed by atoms with Crippen molar-refractivity contribution in [3.05, 3.63) is 64.7 Å². The summed E-state index contributed by atoms with van der Waals surface area (Å²) < 4.78 is 1.81. The normalized spacial score (nSPS) is 11.7. The molecule has 0 spiro atoms. The number of hydrazone groups is 1. The molecule has 1 aromatic carbocycles. The van der Waals surface area contributed by atoms with Crippen LogP contribution in [0.5, 0.6) is 0 Å². The summed E-state index contributed by atoms with van der Waals surface area (Å²) in [5.74, 6) is 2.04. The van der Waals surface area contributed by atoms with Gasteiger partial charge in [-0.3, -0.25) is 5.43 Å². The van der Waals surface area contributed by atoms with Crippen molar-refractivity contribution in [1.29, 1.82) is 0 Å². The first kappa shape index (κ1) is 17.8. The molecule has 0 aliphatic carbocycles. The lowest BCUT2D eigenvalue weighted by molar-refractivity contribution is 0.793. The van der Waals surface area contributed by atoms with Gasteiger partial charge in [0.25, 0.3) is 0 Å². The fourth-order valence-electron chi connectivity index (χ4n) is 2.77. The van der Waals surface area contributed by atoms with Crippen molar-refractivity contribution in [3.63, 3.8) is 0 Å². The van der Waals surface area contributed by atoms with E-state index in [0.29, 0.717) is 11.6 Å². The molecule has 3 rings (SSSR count). The second kappa shape index (κ2) is 7.47. The molecule has 0 fully saturated rings. The lowest BCUT2D eigenvalue weighted by Gasteiger charge is -2.08. The first-order chi connectivity index (χ1) is 12.5. The molecule has 2 aromatic heterocycles. The van der Waals surface area contributed by atoms with Crippen LogP contribution in [-0.4, -0.2) is 25.5 Å². The second-order valence-electron chi connectivity index (χ2n) is 6.36. The van der Waals surface area contributed by atoms with E-state index in [-0.39, 0.29) is 0 Å². The predicted octanol–water partition coefficient (Wildman–Crippen LogP) is 3.99. The molecule has 0 radical (unpaired) electrons.